The van der Waals surface area contributed by atoms with Gasteiger partial charge in [-0.15, -0.1) is 6.58 Å². The van der Waals surface area contributed by atoms with Gasteiger partial charge in [-0.1, -0.05) is 36.6 Å². The molecule has 0 spiro atoms. The summed E-state index contributed by atoms with van der Waals surface area (Å²) in [5.74, 6) is -0.304. The van der Waals surface area contributed by atoms with Crippen LogP contribution >= 0.6 is 11.6 Å². The van der Waals surface area contributed by atoms with Gasteiger partial charge in [0.05, 0.1) is 0 Å². The van der Waals surface area contributed by atoms with E-state index in [0.29, 0.717) is 11.4 Å². The minimum absolute atomic E-state index is 0.0942. The number of rotatable bonds is 8. The molecule has 100 valence electrons. The summed E-state index contributed by atoms with van der Waals surface area (Å²) < 4.78 is 12.9. The number of benzene rings is 1. The van der Waals surface area contributed by atoms with Crippen molar-refractivity contribution >= 4 is 11.6 Å². The van der Waals surface area contributed by atoms with Gasteiger partial charge in [0.15, 0.2) is 0 Å². The molecule has 18 heavy (non-hydrogen) atoms. The maximum absolute atomic E-state index is 12.9. The van der Waals surface area contributed by atoms with Gasteiger partial charge < -0.3 is 5.73 Å². The van der Waals surface area contributed by atoms with E-state index in [1.54, 1.807) is 6.07 Å². The Morgan fingerprint density at radius 3 is 2.78 bits per heavy atom. The lowest BCUT2D eigenvalue weighted by Gasteiger charge is -2.12. The van der Waals surface area contributed by atoms with E-state index in [-0.39, 0.29) is 11.9 Å². The van der Waals surface area contributed by atoms with Crippen LogP contribution in [0.1, 0.15) is 37.7 Å². The smallest absolute Gasteiger partial charge is 0.124 e. The third-order valence-corrected chi connectivity index (χ3v) is 3.33. The van der Waals surface area contributed by atoms with Gasteiger partial charge in [-0.2, -0.15) is 0 Å². The molecule has 1 nitrogen and oxygen atoms in total. The third kappa shape index (κ3) is 5.65. The van der Waals surface area contributed by atoms with Crippen LogP contribution < -0.4 is 5.73 Å². The van der Waals surface area contributed by atoms with Gasteiger partial charge in [-0.05, 0) is 43.4 Å². The fourth-order valence-electron chi connectivity index (χ4n) is 1.94. The van der Waals surface area contributed by atoms with Gasteiger partial charge in [0, 0.05) is 11.1 Å². The largest absolute Gasteiger partial charge is 0.327 e. The highest BCUT2D eigenvalue weighted by molar-refractivity contribution is 6.31. The molecule has 1 aromatic carbocycles. The van der Waals surface area contributed by atoms with E-state index >= 15 is 0 Å². The number of halogens is 2. The van der Waals surface area contributed by atoms with Gasteiger partial charge in [0.2, 0.25) is 0 Å². The van der Waals surface area contributed by atoms with Crippen molar-refractivity contribution in [3.63, 3.8) is 0 Å². The van der Waals surface area contributed by atoms with E-state index in [4.69, 9.17) is 17.3 Å². The van der Waals surface area contributed by atoms with Crippen molar-refractivity contribution in [2.75, 3.05) is 0 Å². The predicted molar refractivity (Wildman–Crippen MR) is 76.4 cm³/mol. The first-order valence-electron chi connectivity index (χ1n) is 6.44. The monoisotopic (exact) mass is 269 g/mol. The highest BCUT2D eigenvalue weighted by atomic mass is 35.5. The van der Waals surface area contributed by atoms with Gasteiger partial charge in [-0.25, -0.2) is 4.39 Å². The van der Waals surface area contributed by atoms with E-state index in [0.717, 1.165) is 24.8 Å². The number of hydrogen-bond donors (Lipinski definition) is 1. The predicted octanol–water partition coefficient (Wildman–Crippen LogP) is 4.49. The lowest BCUT2D eigenvalue weighted by atomic mass is 10.0. The molecule has 0 saturated carbocycles. The Hall–Kier alpha value is -0.860. The average Bonchev–Trinajstić information content (AvgIpc) is 2.32. The van der Waals surface area contributed by atoms with Crippen LogP contribution in [0.2, 0.25) is 5.02 Å². The molecule has 0 aliphatic rings. The minimum Gasteiger partial charge on any atom is -0.327 e. The second kappa shape index (κ2) is 8.28. The second-order valence-electron chi connectivity index (χ2n) is 4.63. The van der Waals surface area contributed by atoms with Crippen molar-refractivity contribution in [3.8, 4) is 0 Å². The zero-order chi connectivity index (χ0) is 13.4. The molecule has 0 aliphatic heterocycles. The van der Waals surface area contributed by atoms with Crippen molar-refractivity contribution < 1.29 is 4.39 Å². The van der Waals surface area contributed by atoms with Crippen LogP contribution in [0.15, 0.2) is 30.9 Å². The topological polar surface area (TPSA) is 26.0 Å². The summed E-state index contributed by atoms with van der Waals surface area (Å²) in [4.78, 5) is 0. The molecule has 1 aromatic rings. The minimum atomic E-state index is -0.304. The molecular weight excluding hydrogens is 249 g/mol. The summed E-state index contributed by atoms with van der Waals surface area (Å²) in [7, 11) is 0. The molecule has 1 rings (SSSR count). The Morgan fingerprint density at radius 1 is 1.33 bits per heavy atom. The molecule has 0 bridgehead atoms. The maximum Gasteiger partial charge on any atom is 0.124 e. The zero-order valence-electron chi connectivity index (χ0n) is 10.7. The molecule has 1 unspecified atom stereocenters. The van der Waals surface area contributed by atoms with Crippen LogP contribution in [0.3, 0.4) is 0 Å². The van der Waals surface area contributed by atoms with Gasteiger partial charge >= 0.3 is 0 Å². The van der Waals surface area contributed by atoms with E-state index in [1.807, 2.05) is 6.08 Å². The average molecular weight is 270 g/mol. The van der Waals surface area contributed by atoms with Crippen LogP contribution in [-0.4, -0.2) is 6.04 Å². The highest BCUT2D eigenvalue weighted by Crippen LogP contribution is 2.19. The van der Waals surface area contributed by atoms with Crippen LogP contribution in [0.4, 0.5) is 4.39 Å². The Labute approximate surface area is 114 Å². The zero-order valence-corrected chi connectivity index (χ0v) is 11.4. The Bertz CT molecular complexity index is 379. The SMILES string of the molecule is C=CCCCCCC(N)Cc1ccc(F)cc1Cl. The summed E-state index contributed by atoms with van der Waals surface area (Å²) in [6.45, 7) is 3.70. The quantitative estimate of drug-likeness (QED) is 0.546. The molecule has 3 heteroatoms. The van der Waals surface area contributed by atoms with Crippen molar-refractivity contribution in [3.05, 3.63) is 47.3 Å². The summed E-state index contributed by atoms with van der Waals surface area (Å²) in [6, 6.07) is 4.58. The molecule has 0 radical (unpaired) electrons. The lowest BCUT2D eigenvalue weighted by molar-refractivity contribution is 0.550. The van der Waals surface area contributed by atoms with E-state index in [2.05, 4.69) is 6.58 Å². The molecule has 2 N–H and O–H groups in total. The molecule has 0 saturated heterocycles. The Morgan fingerprint density at radius 2 is 2.11 bits per heavy atom. The molecule has 0 aliphatic carbocycles. The van der Waals surface area contributed by atoms with E-state index in [1.165, 1.54) is 25.0 Å². The highest BCUT2D eigenvalue weighted by Gasteiger charge is 2.08. The molecule has 0 heterocycles. The number of allylic oxidation sites excluding steroid dienone is 1. The first kappa shape index (κ1) is 15.2. The molecule has 0 amide bonds. The molecule has 0 aromatic heterocycles. The normalized spacial score (nSPS) is 12.4. The number of hydrogen-bond acceptors (Lipinski definition) is 1. The van der Waals surface area contributed by atoms with E-state index in [9.17, 15) is 4.39 Å². The van der Waals surface area contributed by atoms with Crippen LogP contribution in [0, 0.1) is 5.82 Å². The van der Waals surface area contributed by atoms with Gasteiger partial charge in [0.25, 0.3) is 0 Å². The molecule has 0 fully saturated rings. The standard InChI is InChI=1S/C15H21ClFN/c1-2-3-4-5-6-7-14(18)10-12-8-9-13(17)11-15(12)16/h2,8-9,11,14H,1,3-7,10,18H2. The number of unbranched alkanes of at least 4 members (excludes halogenated alkanes) is 3. The second-order valence-corrected chi connectivity index (χ2v) is 5.03. The van der Waals surface area contributed by atoms with Crippen molar-refractivity contribution in [2.24, 2.45) is 5.73 Å². The van der Waals surface area contributed by atoms with Crippen molar-refractivity contribution in [1.29, 1.82) is 0 Å². The molecule has 1 atom stereocenters. The summed E-state index contributed by atoms with van der Waals surface area (Å²) in [6.07, 6.45) is 8.17. The third-order valence-electron chi connectivity index (χ3n) is 2.98. The fourth-order valence-corrected chi connectivity index (χ4v) is 2.19. The number of nitrogens with two attached hydrogens (primary N) is 1. The summed E-state index contributed by atoms with van der Waals surface area (Å²) in [5.41, 5.74) is 6.98. The summed E-state index contributed by atoms with van der Waals surface area (Å²) >= 11 is 5.97. The Kier molecular flexibility index (Phi) is 6.99. The van der Waals surface area contributed by atoms with Gasteiger partial charge in [0.1, 0.15) is 5.82 Å². The van der Waals surface area contributed by atoms with Crippen LogP contribution in [0.5, 0.6) is 0 Å². The lowest BCUT2D eigenvalue weighted by Crippen LogP contribution is -2.22. The van der Waals surface area contributed by atoms with Crippen LogP contribution in [-0.2, 0) is 6.42 Å². The maximum atomic E-state index is 12.9. The Balaban J connectivity index is 2.30. The first-order chi connectivity index (χ1) is 8.63. The van der Waals surface area contributed by atoms with Crippen molar-refractivity contribution in [1.82, 2.24) is 0 Å². The van der Waals surface area contributed by atoms with Gasteiger partial charge in [-0.3, -0.25) is 0 Å². The summed E-state index contributed by atoms with van der Waals surface area (Å²) in [5, 5.41) is 0.470. The first-order valence-corrected chi connectivity index (χ1v) is 6.81. The van der Waals surface area contributed by atoms with E-state index < -0.39 is 0 Å². The van der Waals surface area contributed by atoms with Crippen molar-refractivity contribution in [2.45, 2.75) is 44.6 Å². The molecular formula is C15H21ClFN. The fraction of sp³-hybridized carbons (Fsp3) is 0.467. The van der Waals surface area contributed by atoms with Crippen LogP contribution in [0.25, 0.3) is 0 Å².